The number of rotatable bonds is 7. The topological polar surface area (TPSA) is 41.6 Å². The highest BCUT2D eigenvalue weighted by Crippen LogP contribution is 2.32. The first-order chi connectivity index (χ1) is 9.58. The second-order valence-corrected chi connectivity index (χ2v) is 5.90. The van der Waals surface area contributed by atoms with E-state index in [0.717, 1.165) is 25.9 Å². The molecule has 4 nitrogen and oxygen atoms in total. The standard InChI is InChI=1S/C14H24F2N2O2/c1-20-14(19)5-2-10-6-11(17-7-13(15)16)9-18(8-10)12-3-4-12/h10-13,17H,2-9H2,1H3. The Kier molecular flexibility index (Phi) is 5.72. The minimum Gasteiger partial charge on any atom is -0.469 e. The fraction of sp³-hybridized carbons (Fsp3) is 0.929. The molecular formula is C14H24F2N2O2. The molecule has 1 saturated carbocycles. The molecule has 20 heavy (non-hydrogen) atoms. The molecule has 2 atom stereocenters. The number of halogens is 2. The summed E-state index contributed by atoms with van der Waals surface area (Å²) in [7, 11) is 1.40. The molecule has 0 spiro atoms. The van der Waals surface area contributed by atoms with Gasteiger partial charge in [-0.05, 0) is 31.6 Å². The van der Waals surface area contributed by atoms with Crippen molar-refractivity contribution in [2.75, 3.05) is 26.7 Å². The molecule has 116 valence electrons. The van der Waals surface area contributed by atoms with Gasteiger partial charge in [0.05, 0.1) is 13.7 Å². The average Bonchev–Trinajstić information content (AvgIpc) is 3.26. The lowest BCUT2D eigenvalue weighted by Gasteiger charge is -2.38. The number of carbonyl (C=O) groups excluding carboxylic acids is 1. The number of carbonyl (C=O) groups is 1. The van der Waals surface area contributed by atoms with Crippen molar-refractivity contribution in [3.63, 3.8) is 0 Å². The quantitative estimate of drug-likeness (QED) is 0.724. The predicted molar refractivity (Wildman–Crippen MR) is 71.7 cm³/mol. The maximum absolute atomic E-state index is 12.3. The first kappa shape index (κ1) is 15.6. The maximum atomic E-state index is 12.3. The first-order valence-corrected chi connectivity index (χ1v) is 7.41. The summed E-state index contributed by atoms with van der Waals surface area (Å²) in [6.45, 7) is 1.59. The van der Waals surface area contributed by atoms with Gasteiger partial charge in [-0.15, -0.1) is 0 Å². The van der Waals surface area contributed by atoms with Gasteiger partial charge in [0.15, 0.2) is 0 Å². The minimum absolute atomic E-state index is 0.112. The molecule has 2 fully saturated rings. The van der Waals surface area contributed by atoms with Crippen molar-refractivity contribution < 1.29 is 18.3 Å². The van der Waals surface area contributed by atoms with Gasteiger partial charge in [-0.3, -0.25) is 9.69 Å². The van der Waals surface area contributed by atoms with Gasteiger partial charge in [0.25, 0.3) is 6.43 Å². The third-order valence-corrected chi connectivity index (χ3v) is 4.17. The van der Waals surface area contributed by atoms with E-state index in [1.165, 1.54) is 20.0 Å². The predicted octanol–water partition coefficient (Wildman–Crippen LogP) is 1.65. The lowest BCUT2D eigenvalue weighted by Crippen LogP contribution is -2.50. The zero-order valence-corrected chi connectivity index (χ0v) is 12.0. The third-order valence-electron chi connectivity index (χ3n) is 4.17. The monoisotopic (exact) mass is 290 g/mol. The smallest absolute Gasteiger partial charge is 0.305 e. The van der Waals surface area contributed by atoms with Crippen LogP contribution in [0.25, 0.3) is 0 Å². The van der Waals surface area contributed by atoms with E-state index in [0.29, 0.717) is 18.4 Å². The van der Waals surface area contributed by atoms with Gasteiger partial charge in [-0.25, -0.2) is 8.78 Å². The molecule has 6 heteroatoms. The van der Waals surface area contributed by atoms with E-state index in [1.807, 2.05) is 0 Å². The van der Waals surface area contributed by atoms with Gasteiger partial charge in [-0.2, -0.15) is 0 Å². The summed E-state index contributed by atoms with van der Waals surface area (Å²) >= 11 is 0. The van der Waals surface area contributed by atoms with E-state index < -0.39 is 6.43 Å². The van der Waals surface area contributed by atoms with Crippen molar-refractivity contribution >= 4 is 5.97 Å². The van der Waals surface area contributed by atoms with Crippen LogP contribution in [0.1, 0.15) is 32.1 Å². The summed E-state index contributed by atoms with van der Waals surface area (Å²) in [5, 5.41) is 2.96. The van der Waals surface area contributed by atoms with Crippen LogP contribution in [0.5, 0.6) is 0 Å². The molecule has 2 aliphatic rings. The fourth-order valence-electron chi connectivity index (χ4n) is 3.02. The van der Waals surface area contributed by atoms with E-state index in [2.05, 4.69) is 15.0 Å². The highest BCUT2D eigenvalue weighted by molar-refractivity contribution is 5.69. The Morgan fingerprint density at radius 1 is 1.40 bits per heavy atom. The number of hydrogen-bond donors (Lipinski definition) is 1. The van der Waals surface area contributed by atoms with Crippen LogP contribution < -0.4 is 5.32 Å². The molecule has 1 heterocycles. The molecule has 0 bridgehead atoms. The molecule has 1 aliphatic carbocycles. The van der Waals surface area contributed by atoms with E-state index in [4.69, 9.17) is 0 Å². The number of likely N-dealkylation sites (tertiary alicyclic amines) is 1. The van der Waals surface area contributed by atoms with Crippen molar-refractivity contribution in [2.45, 2.75) is 50.6 Å². The highest BCUT2D eigenvalue weighted by Gasteiger charge is 2.36. The SMILES string of the molecule is COC(=O)CCC1CC(NCC(F)F)CN(C2CC2)C1. The molecule has 0 aromatic rings. The van der Waals surface area contributed by atoms with Gasteiger partial charge in [0, 0.05) is 31.6 Å². The molecular weight excluding hydrogens is 266 g/mol. The largest absolute Gasteiger partial charge is 0.469 e. The average molecular weight is 290 g/mol. The van der Waals surface area contributed by atoms with Crippen LogP contribution in [-0.2, 0) is 9.53 Å². The number of ether oxygens (including phenoxy) is 1. The number of piperidine rings is 1. The Bertz CT molecular complexity index is 324. The molecule has 0 amide bonds. The molecule has 2 unspecified atom stereocenters. The van der Waals surface area contributed by atoms with Gasteiger partial charge in [-0.1, -0.05) is 0 Å². The van der Waals surface area contributed by atoms with Crippen molar-refractivity contribution in [1.29, 1.82) is 0 Å². The third kappa shape index (κ3) is 4.98. The summed E-state index contributed by atoms with van der Waals surface area (Å²) in [6.07, 6.45) is 2.19. The Morgan fingerprint density at radius 3 is 2.75 bits per heavy atom. The number of esters is 1. The molecule has 0 aromatic heterocycles. The van der Waals surface area contributed by atoms with Crippen molar-refractivity contribution in [3.8, 4) is 0 Å². The summed E-state index contributed by atoms with van der Waals surface area (Å²) in [5.41, 5.74) is 0. The van der Waals surface area contributed by atoms with E-state index in [1.54, 1.807) is 0 Å². The number of nitrogens with zero attached hydrogens (tertiary/aromatic N) is 1. The Hall–Kier alpha value is -0.750. The lowest BCUT2D eigenvalue weighted by molar-refractivity contribution is -0.141. The Morgan fingerprint density at radius 2 is 2.15 bits per heavy atom. The minimum atomic E-state index is -2.31. The molecule has 1 aliphatic heterocycles. The summed E-state index contributed by atoms with van der Waals surface area (Å²) in [5.74, 6) is 0.198. The van der Waals surface area contributed by atoms with Crippen LogP contribution in [0.2, 0.25) is 0 Å². The van der Waals surface area contributed by atoms with Crippen LogP contribution in [0.3, 0.4) is 0 Å². The lowest BCUT2D eigenvalue weighted by atomic mass is 9.90. The fourth-order valence-corrected chi connectivity index (χ4v) is 3.02. The van der Waals surface area contributed by atoms with Crippen LogP contribution in [0, 0.1) is 5.92 Å². The Balaban J connectivity index is 1.81. The second-order valence-electron chi connectivity index (χ2n) is 5.90. The van der Waals surface area contributed by atoms with Crippen LogP contribution in [0.15, 0.2) is 0 Å². The van der Waals surface area contributed by atoms with Crippen LogP contribution in [-0.4, -0.2) is 56.1 Å². The van der Waals surface area contributed by atoms with Gasteiger partial charge < -0.3 is 10.1 Å². The van der Waals surface area contributed by atoms with Gasteiger partial charge in [0.2, 0.25) is 0 Å². The van der Waals surface area contributed by atoms with Gasteiger partial charge in [0.1, 0.15) is 0 Å². The molecule has 1 saturated heterocycles. The first-order valence-electron chi connectivity index (χ1n) is 7.41. The number of methoxy groups -OCH3 is 1. The van der Waals surface area contributed by atoms with Crippen molar-refractivity contribution in [2.24, 2.45) is 5.92 Å². The normalized spacial score (nSPS) is 27.8. The summed E-state index contributed by atoms with van der Waals surface area (Å²) < 4.78 is 29.3. The highest BCUT2D eigenvalue weighted by atomic mass is 19.3. The van der Waals surface area contributed by atoms with E-state index in [-0.39, 0.29) is 18.6 Å². The number of nitrogens with one attached hydrogen (secondary N) is 1. The zero-order chi connectivity index (χ0) is 14.5. The summed E-state index contributed by atoms with van der Waals surface area (Å²) in [6, 6.07) is 0.743. The second kappa shape index (κ2) is 7.31. The van der Waals surface area contributed by atoms with E-state index in [9.17, 15) is 13.6 Å². The van der Waals surface area contributed by atoms with Crippen molar-refractivity contribution in [1.82, 2.24) is 10.2 Å². The maximum Gasteiger partial charge on any atom is 0.305 e. The van der Waals surface area contributed by atoms with Crippen LogP contribution in [0.4, 0.5) is 8.78 Å². The molecule has 1 N–H and O–H groups in total. The van der Waals surface area contributed by atoms with E-state index >= 15 is 0 Å². The van der Waals surface area contributed by atoms with Crippen molar-refractivity contribution in [3.05, 3.63) is 0 Å². The Labute approximate surface area is 118 Å². The summed E-state index contributed by atoms with van der Waals surface area (Å²) in [4.78, 5) is 13.6. The molecule has 0 radical (unpaired) electrons. The number of hydrogen-bond acceptors (Lipinski definition) is 4. The molecule has 0 aromatic carbocycles. The molecule has 2 rings (SSSR count). The number of alkyl halides is 2. The van der Waals surface area contributed by atoms with Gasteiger partial charge >= 0.3 is 5.97 Å². The zero-order valence-electron chi connectivity index (χ0n) is 12.0. The van der Waals surface area contributed by atoms with Crippen LogP contribution >= 0.6 is 0 Å².